The Labute approximate surface area is 118 Å². The first-order chi connectivity index (χ1) is 9.74. The van der Waals surface area contributed by atoms with E-state index < -0.39 is 6.10 Å². The number of aliphatic hydroxyl groups excluding tert-OH is 1. The second kappa shape index (κ2) is 5.65. The van der Waals surface area contributed by atoms with E-state index in [4.69, 9.17) is 0 Å². The molecule has 2 atom stereocenters. The first-order valence-corrected chi connectivity index (χ1v) is 6.99. The van der Waals surface area contributed by atoms with Gasteiger partial charge in [-0.05, 0) is 29.2 Å². The maximum absolute atomic E-state index is 10.2. The van der Waals surface area contributed by atoms with Crippen molar-refractivity contribution in [3.8, 4) is 5.75 Å². The van der Waals surface area contributed by atoms with Crippen LogP contribution >= 0.6 is 0 Å². The summed E-state index contributed by atoms with van der Waals surface area (Å²) in [5.41, 5.74) is 3.21. The topological polar surface area (TPSA) is 52.5 Å². The van der Waals surface area contributed by atoms with E-state index in [1.807, 2.05) is 30.3 Å². The molecule has 2 unspecified atom stereocenters. The second-order valence-electron chi connectivity index (χ2n) is 5.36. The zero-order chi connectivity index (χ0) is 13.9. The first-order valence-electron chi connectivity index (χ1n) is 6.99. The summed E-state index contributed by atoms with van der Waals surface area (Å²) in [4.78, 5) is 0. The van der Waals surface area contributed by atoms with Crippen LogP contribution in [0.25, 0.3) is 0 Å². The molecule has 0 fully saturated rings. The van der Waals surface area contributed by atoms with Gasteiger partial charge in [-0.15, -0.1) is 0 Å². The van der Waals surface area contributed by atoms with Gasteiger partial charge in [-0.25, -0.2) is 0 Å². The zero-order valence-corrected chi connectivity index (χ0v) is 11.3. The van der Waals surface area contributed by atoms with Crippen molar-refractivity contribution in [1.82, 2.24) is 5.32 Å². The molecule has 0 heterocycles. The van der Waals surface area contributed by atoms with Crippen molar-refractivity contribution < 1.29 is 10.2 Å². The van der Waals surface area contributed by atoms with Gasteiger partial charge in [-0.3, -0.25) is 0 Å². The molecule has 3 nitrogen and oxygen atoms in total. The zero-order valence-electron chi connectivity index (χ0n) is 11.3. The van der Waals surface area contributed by atoms with Gasteiger partial charge in [0.2, 0.25) is 0 Å². The SMILES string of the molecule is Oc1cccc2c1CC(NCc1ccccc1)C(O)C2. The summed E-state index contributed by atoms with van der Waals surface area (Å²) in [6.07, 6.45) is 0.847. The van der Waals surface area contributed by atoms with Crippen LogP contribution in [0.2, 0.25) is 0 Å². The molecule has 1 aliphatic carbocycles. The van der Waals surface area contributed by atoms with E-state index in [1.54, 1.807) is 6.07 Å². The summed E-state index contributed by atoms with van der Waals surface area (Å²) in [7, 11) is 0. The van der Waals surface area contributed by atoms with Crippen molar-refractivity contribution in [2.75, 3.05) is 0 Å². The highest BCUT2D eigenvalue weighted by molar-refractivity contribution is 5.42. The summed E-state index contributed by atoms with van der Waals surface area (Å²) in [5, 5.41) is 23.6. The van der Waals surface area contributed by atoms with Crippen LogP contribution < -0.4 is 5.32 Å². The summed E-state index contributed by atoms with van der Waals surface area (Å²) in [5.74, 6) is 0.334. The summed E-state index contributed by atoms with van der Waals surface area (Å²) >= 11 is 0. The molecule has 0 aliphatic heterocycles. The number of nitrogens with one attached hydrogen (secondary N) is 1. The fraction of sp³-hybridized carbons (Fsp3) is 0.294. The van der Waals surface area contributed by atoms with E-state index in [2.05, 4.69) is 17.4 Å². The van der Waals surface area contributed by atoms with Gasteiger partial charge in [0.25, 0.3) is 0 Å². The maximum atomic E-state index is 10.2. The number of benzene rings is 2. The normalized spacial score (nSPS) is 21.4. The second-order valence-corrected chi connectivity index (χ2v) is 5.36. The summed E-state index contributed by atoms with van der Waals surface area (Å²) in [6, 6.07) is 15.6. The van der Waals surface area contributed by atoms with Gasteiger partial charge in [-0.2, -0.15) is 0 Å². The molecule has 2 aromatic carbocycles. The van der Waals surface area contributed by atoms with Gasteiger partial charge in [0, 0.05) is 19.0 Å². The largest absolute Gasteiger partial charge is 0.508 e. The highest BCUT2D eigenvalue weighted by Gasteiger charge is 2.27. The molecule has 0 saturated heterocycles. The minimum Gasteiger partial charge on any atom is -0.508 e. The summed E-state index contributed by atoms with van der Waals surface area (Å²) in [6.45, 7) is 0.728. The van der Waals surface area contributed by atoms with Crippen LogP contribution in [-0.2, 0) is 19.4 Å². The Bertz CT molecular complexity index is 583. The van der Waals surface area contributed by atoms with Crippen LogP contribution in [0, 0.1) is 0 Å². The lowest BCUT2D eigenvalue weighted by molar-refractivity contribution is 0.118. The Hall–Kier alpha value is -1.84. The summed E-state index contributed by atoms with van der Waals surface area (Å²) < 4.78 is 0. The third kappa shape index (κ3) is 2.69. The Morgan fingerprint density at radius 1 is 1.00 bits per heavy atom. The molecule has 104 valence electrons. The minimum atomic E-state index is -0.409. The average molecular weight is 269 g/mol. The van der Waals surface area contributed by atoms with E-state index >= 15 is 0 Å². The lowest BCUT2D eigenvalue weighted by Crippen LogP contribution is -2.45. The standard InChI is InChI=1S/C17H19NO2/c19-16-8-4-7-13-9-17(20)15(10-14(13)16)18-11-12-5-2-1-3-6-12/h1-8,15,17-20H,9-11H2. The highest BCUT2D eigenvalue weighted by Crippen LogP contribution is 2.29. The number of phenols is 1. The average Bonchev–Trinajstić information content (AvgIpc) is 2.47. The number of aliphatic hydroxyl groups is 1. The number of aromatic hydroxyl groups is 1. The Balaban J connectivity index is 1.71. The van der Waals surface area contributed by atoms with Gasteiger partial charge in [-0.1, -0.05) is 42.5 Å². The van der Waals surface area contributed by atoms with Crippen LogP contribution in [0.1, 0.15) is 16.7 Å². The quantitative estimate of drug-likeness (QED) is 0.799. The number of fused-ring (bicyclic) bond motifs is 1. The van der Waals surface area contributed by atoms with E-state index in [1.165, 1.54) is 5.56 Å². The molecular formula is C17H19NO2. The third-order valence-corrected chi connectivity index (χ3v) is 3.98. The van der Waals surface area contributed by atoms with Gasteiger partial charge in [0.05, 0.1) is 6.10 Å². The van der Waals surface area contributed by atoms with Crippen molar-refractivity contribution in [3.63, 3.8) is 0 Å². The molecule has 0 radical (unpaired) electrons. The molecule has 3 N–H and O–H groups in total. The molecule has 20 heavy (non-hydrogen) atoms. The molecule has 0 saturated carbocycles. The lowest BCUT2D eigenvalue weighted by Gasteiger charge is -2.31. The van der Waals surface area contributed by atoms with E-state index in [9.17, 15) is 10.2 Å². The molecule has 0 bridgehead atoms. The van der Waals surface area contributed by atoms with Crippen molar-refractivity contribution in [2.24, 2.45) is 0 Å². The predicted octanol–water partition coefficient (Wildman–Crippen LogP) is 2.01. The Kier molecular flexibility index (Phi) is 3.72. The Morgan fingerprint density at radius 3 is 2.60 bits per heavy atom. The number of rotatable bonds is 3. The monoisotopic (exact) mass is 269 g/mol. The number of hydrogen-bond acceptors (Lipinski definition) is 3. The van der Waals surface area contributed by atoms with Crippen molar-refractivity contribution in [1.29, 1.82) is 0 Å². The minimum absolute atomic E-state index is 0.0176. The fourth-order valence-electron chi connectivity index (χ4n) is 2.82. The third-order valence-electron chi connectivity index (χ3n) is 3.98. The van der Waals surface area contributed by atoms with E-state index in [-0.39, 0.29) is 6.04 Å². The number of hydrogen-bond donors (Lipinski definition) is 3. The van der Waals surface area contributed by atoms with Crippen molar-refractivity contribution in [2.45, 2.75) is 31.5 Å². The highest BCUT2D eigenvalue weighted by atomic mass is 16.3. The van der Waals surface area contributed by atoms with Gasteiger partial charge in [0.1, 0.15) is 5.75 Å². The van der Waals surface area contributed by atoms with Crippen LogP contribution in [-0.4, -0.2) is 22.4 Å². The molecule has 0 amide bonds. The predicted molar refractivity (Wildman–Crippen MR) is 78.6 cm³/mol. The maximum Gasteiger partial charge on any atom is 0.119 e. The van der Waals surface area contributed by atoms with Crippen LogP contribution in [0.4, 0.5) is 0 Å². The Morgan fingerprint density at radius 2 is 1.80 bits per heavy atom. The van der Waals surface area contributed by atoms with E-state index in [0.29, 0.717) is 18.6 Å². The molecule has 3 rings (SSSR count). The number of phenolic OH excluding ortho intramolecular Hbond substituents is 1. The first kappa shape index (κ1) is 13.2. The van der Waals surface area contributed by atoms with Gasteiger partial charge >= 0.3 is 0 Å². The van der Waals surface area contributed by atoms with Crippen molar-refractivity contribution in [3.05, 3.63) is 65.2 Å². The van der Waals surface area contributed by atoms with E-state index in [0.717, 1.165) is 17.7 Å². The van der Waals surface area contributed by atoms with Gasteiger partial charge in [0.15, 0.2) is 0 Å². The van der Waals surface area contributed by atoms with Gasteiger partial charge < -0.3 is 15.5 Å². The smallest absolute Gasteiger partial charge is 0.119 e. The molecule has 1 aliphatic rings. The molecule has 0 spiro atoms. The molecule has 3 heteroatoms. The molecule has 0 aromatic heterocycles. The molecule has 2 aromatic rings. The lowest BCUT2D eigenvalue weighted by atomic mass is 9.85. The van der Waals surface area contributed by atoms with Crippen LogP contribution in [0.3, 0.4) is 0 Å². The van der Waals surface area contributed by atoms with Crippen LogP contribution in [0.15, 0.2) is 48.5 Å². The fourth-order valence-corrected chi connectivity index (χ4v) is 2.82. The van der Waals surface area contributed by atoms with Crippen molar-refractivity contribution >= 4 is 0 Å². The molecular weight excluding hydrogens is 250 g/mol. The van der Waals surface area contributed by atoms with Crippen LogP contribution in [0.5, 0.6) is 5.75 Å².